The zero-order chi connectivity index (χ0) is 13.7. The number of aromatic nitrogens is 2. The average molecular weight is 264 g/mol. The molecule has 0 spiro atoms. The summed E-state index contributed by atoms with van der Waals surface area (Å²) >= 11 is 0. The molecule has 19 heavy (non-hydrogen) atoms. The lowest BCUT2D eigenvalue weighted by molar-refractivity contribution is 0.288. The Hall–Kier alpha value is -1.03. The highest BCUT2D eigenvalue weighted by Crippen LogP contribution is 2.19. The van der Waals surface area contributed by atoms with Crippen LogP contribution in [-0.4, -0.2) is 40.6 Å². The van der Waals surface area contributed by atoms with Crippen LogP contribution >= 0.6 is 0 Å². The van der Waals surface area contributed by atoms with Crippen molar-refractivity contribution in [3.63, 3.8) is 0 Å². The van der Waals surface area contributed by atoms with Crippen molar-refractivity contribution in [1.29, 1.82) is 0 Å². The fourth-order valence-corrected chi connectivity index (χ4v) is 2.79. The summed E-state index contributed by atoms with van der Waals surface area (Å²) in [6.07, 6.45) is 7.31. The normalized spacial score (nSPS) is 17.8. The third-order valence-corrected chi connectivity index (χ3v) is 3.86. The highest BCUT2D eigenvalue weighted by molar-refractivity contribution is 5.29. The zero-order valence-corrected chi connectivity index (χ0v) is 12.7. The molecule has 4 nitrogen and oxygen atoms in total. The van der Waals surface area contributed by atoms with Crippen molar-refractivity contribution in [2.75, 3.05) is 31.5 Å². The van der Waals surface area contributed by atoms with E-state index in [1.807, 2.05) is 0 Å². The van der Waals surface area contributed by atoms with Gasteiger partial charge in [-0.15, -0.1) is 0 Å². The van der Waals surface area contributed by atoms with Crippen LogP contribution in [0.15, 0.2) is 6.20 Å². The quantitative estimate of drug-likeness (QED) is 0.768. The Kier molecular flexibility index (Phi) is 5.25. The van der Waals surface area contributed by atoms with Gasteiger partial charge < -0.3 is 14.8 Å². The Morgan fingerprint density at radius 2 is 2.11 bits per heavy atom. The molecule has 0 amide bonds. The van der Waals surface area contributed by atoms with Crippen LogP contribution in [0.3, 0.4) is 0 Å². The van der Waals surface area contributed by atoms with E-state index in [4.69, 9.17) is 0 Å². The summed E-state index contributed by atoms with van der Waals surface area (Å²) < 4.78 is 2.31. The van der Waals surface area contributed by atoms with Gasteiger partial charge in [0.1, 0.15) is 0 Å². The molecule has 1 unspecified atom stereocenters. The number of unbranched alkanes of at least 4 members (excludes halogenated alkanes) is 1. The Balaban J connectivity index is 1.96. The first-order valence-electron chi connectivity index (χ1n) is 7.72. The molecule has 0 aliphatic carbocycles. The number of imidazole rings is 1. The summed E-state index contributed by atoms with van der Waals surface area (Å²) in [6, 6.07) is 0.489. The summed E-state index contributed by atoms with van der Waals surface area (Å²) in [7, 11) is 0. The Morgan fingerprint density at radius 1 is 1.37 bits per heavy atom. The van der Waals surface area contributed by atoms with Gasteiger partial charge in [0, 0.05) is 25.3 Å². The molecule has 2 rings (SSSR count). The summed E-state index contributed by atoms with van der Waals surface area (Å²) in [4.78, 5) is 7.18. The minimum atomic E-state index is 0.489. The molecule has 1 atom stereocenters. The van der Waals surface area contributed by atoms with E-state index in [9.17, 15) is 0 Å². The third kappa shape index (κ3) is 3.96. The van der Waals surface area contributed by atoms with Crippen LogP contribution in [0.1, 0.15) is 51.3 Å². The van der Waals surface area contributed by atoms with Crippen LogP contribution in [0.4, 0.5) is 5.95 Å². The number of likely N-dealkylation sites (tertiary alicyclic amines) is 1. The van der Waals surface area contributed by atoms with E-state index in [1.165, 1.54) is 38.8 Å². The molecular weight excluding hydrogens is 236 g/mol. The first-order chi connectivity index (χ1) is 9.20. The summed E-state index contributed by atoms with van der Waals surface area (Å²) in [6.45, 7) is 11.3. The number of rotatable bonds is 7. The van der Waals surface area contributed by atoms with Gasteiger partial charge in [-0.25, -0.2) is 4.98 Å². The lowest BCUT2D eigenvalue weighted by atomic mass is 10.3. The van der Waals surface area contributed by atoms with Gasteiger partial charge in [-0.3, -0.25) is 0 Å². The second-order valence-electron chi connectivity index (χ2n) is 5.75. The maximum Gasteiger partial charge on any atom is 0.203 e. The number of nitrogens with zero attached hydrogens (tertiary/aromatic N) is 3. The van der Waals surface area contributed by atoms with Gasteiger partial charge in [0.25, 0.3) is 0 Å². The van der Waals surface area contributed by atoms with Crippen LogP contribution < -0.4 is 5.32 Å². The van der Waals surface area contributed by atoms with Crippen LogP contribution in [0.5, 0.6) is 0 Å². The van der Waals surface area contributed by atoms with Crippen molar-refractivity contribution in [2.24, 2.45) is 0 Å². The SMILES string of the molecule is CCCCNc1nc(C)cn1C(C)CN1CCCC1. The Bertz CT molecular complexity index is 379. The van der Waals surface area contributed by atoms with Crippen LogP contribution in [-0.2, 0) is 0 Å². The molecule has 1 aliphatic heterocycles. The molecule has 0 saturated carbocycles. The number of anilines is 1. The fourth-order valence-electron chi connectivity index (χ4n) is 2.79. The van der Waals surface area contributed by atoms with Gasteiger partial charge in [-0.2, -0.15) is 0 Å². The predicted molar refractivity (Wildman–Crippen MR) is 80.7 cm³/mol. The second-order valence-corrected chi connectivity index (χ2v) is 5.75. The van der Waals surface area contributed by atoms with E-state index in [2.05, 4.69) is 46.7 Å². The van der Waals surface area contributed by atoms with Crippen LogP contribution in [0.25, 0.3) is 0 Å². The number of aryl methyl sites for hydroxylation is 1. The minimum Gasteiger partial charge on any atom is -0.356 e. The Labute approximate surface area is 117 Å². The van der Waals surface area contributed by atoms with Crippen molar-refractivity contribution < 1.29 is 0 Å². The molecule has 1 aliphatic rings. The van der Waals surface area contributed by atoms with Gasteiger partial charge in [0.2, 0.25) is 5.95 Å². The van der Waals surface area contributed by atoms with Crippen LogP contribution in [0, 0.1) is 6.92 Å². The van der Waals surface area contributed by atoms with Crippen molar-refractivity contribution in [2.45, 2.75) is 52.5 Å². The molecule has 1 aromatic heterocycles. The van der Waals surface area contributed by atoms with Crippen molar-refractivity contribution in [1.82, 2.24) is 14.5 Å². The third-order valence-electron chi connectivity index (χ3n) is 3.86. The topological polar surface area (TPSA) is 33.1 Å². The molecule has 1 aromatic rings. The molecule has 0 bridgehead atoms. The van der Waals surface area contributed by atoms with E-state index in [-0.39, 0.29) is 0 Å². The maximum absolute atomic E-state index is 4.61. The zero-order valence-electron chi connectivity index (χ0n) is 12.7. The van der Waals surface area contributed by atoms with Crippen LogP contribution in [0.2, 0.25) is 0 Å². The molecule has 2 heterocycles. The Morgan fingerprint density at radius 3 is 2.79 bits per heavy atom. The molecule has 4 heteroatoms. The maximum atomic E-state index is 4.61. The summed E-state index contributed by atoms with van der Waals surface area (Å²) in [5, 5.41) is 3.47. The molecular formula is C15H28N4. The minimum absolute atomic E-state index is 0.489. The lowest BCUT2D eigenvalue weighted by Gasteiger charge is -2.23. The second kappa shape index (κ2) is 6.94. The smallest absolute Gasteiger partial charge is 0.203 e. The predicted octanol–water partition coefficient (Wildman–Crippen LogP) is 3.06. The molecule has 0 aromatic carbocycles. The first-order valence-corrected chi connectivity index (χ1v) is 7.72. The van der Waals surface area contributed by atoms with Crippen molar-refractivity contribution in [3.8, 4) is 0 Å². The molecule has 1 N–H and O–H groups in total. The van der Waals surface area contributed by atoms with Crippen molar-refractivity contribution in [3.05, 3.63) is 11.9 Å². The van der Waals surface area contributed by atoms with Gasteiger partial charge >= 0.3 is 0 Å². The van der Waals surface area contributed by atoms with Crippen molar-refractivity contribution >= 4 is 5.95 Å². The summed E-state index contributed by atoms with van der Waals surface area (Å²) in [5.74, 6) is 1.04. The highest BCUT2D eigenvalue weighted by atomic mass is 15.2. The molecule has 0 radical (unpaired) electrons. The number of nitrogens with one attached hydrogen (secondary N) is 1. The monoisotopic (exact) mass is 264 g/mol. The van der Waals surface area contributed by atoms with Gasteiger partial charge in [0.15, 0.2) is 0 Å². The van der Waals surface area contributed by atoms with E-state index < -0.39 is 0 Å². The largest absolute Gasteiger partial charge is 0.356 e. The summed E-state index contributed by atoms with van der Waals surface area (Å²) in [5.41, 5.74) is 1.10. The molecule has 108 valence electrons. The number of hydrogen-bond donors (Lipinski definition) is 1. The van der Waals surface area contributed by atoms with E-state index in [0.717, 1.165) is 24.7 Å². The number of hydrogen-bond acceptors (Lipinski definition) is 3. The lowest BCUT2D eigenvalue weighted by Crippen LogP contribution is -2.27. The van der Waals surface area contributed by atoms with Gasteiger partial charge in [0.05, 0.1) is 5.69 Å². The fraction of sp³-hybridized carbons (Fsp3) is 0.800. The van der Waals surface area contributed by atoms with Gasteiger partial charge in [-0.1, -0.05) is 13.3 Å². The van der Waals surface area contributed by atoms with Gasteiger partial charge in [-0.05, 0) is 46.2 Å². The molecule has 1 saturated heterocycles. The van der Waals surface area contributed by atoms with E-state index in [0.29, 0.717) is 6.04 Å². The molecule has 1 fully saturated rings. The first kappa shape index (κ1) is 14.4. The van der Waals surface area contributed by atoms with E-state index >= 15 is 0 Å². The highest BCUT2D eigenvalue weighted by Gasteiger charge is 2.17. The average Bonchev–Trinajstić information content (AvgIpc) is 2.99. The standard InChI is InChI=1S/C15H28N4/c1-4-5-8-16-15-17-13(2)11-19(15)14(3)12-18-9-6-7-10-18/h11,14H,4-10,12H2,1-3H3,(H,16,17). The van der Waals surface area contributed by atoms with E-state index in [1.54, 1.807) is 0 Å².